The molecule has 3 aliphatic rings. The summed E-state index contributed by atoms with van der Waals surface area (Å²) in [6, 6.07) is 9.86. The van der Waals surface area contributed by atoms with E-state index >= 15 is 0 Å². The summed E-state index contributed by atoms with van der Waals surface area (Å²) in [6.45, 7) is 0. The molecule has 6 rings (SSSR count). The van der Waals surface area contributed by atoms with Crippen molar-refractivity contribution in [2.75, 3.05) is 0 Å². The van der Waals surface area contributed by atoms with Gasteiger partial charge in [0.25, 0.3) is 0 Å². The summed E-state index contributed by atoms with van der Waals surface area (Å²) in [5, 5.41) is 8.15. The molecule has 110 valence electrons. The van der Waals surface area contributed by atoms with Gasteiger partial charge in [-0.1, -0.05) is 12.1 Å². The lowest BCUT2D eigenvalue weighted by atomic mass is 9.80. The number of para-hydroxylation sites is 2. The van der Waals surface area contributed by atoms with Crippen molar-refractivity contribution in [1.82, 2.24) is 25.1 Å². The van der Waals surface area contributed by atoms with E-state index in [1.165, 1.54) is 19.3 Å². The van der Waals surface area contributed by atoms with E-state index < -0.39 is 0 Å². The Kier molecular flexibility index (Phi) is 2.58. The Bertz CT molecular complexity index is 824. The SMILES string of the molecule is c1ccc2nc(-c3cnn(C4CC5CC(C4)N5)c3)cnc2c1. The number of nitrogens with one attached hydrogen (secondary N) is 1. The van der Waals surface area contributed by atoms with Crippen molar-refractivity contribution in [3.8, 4) is 11.3 Å². The van der Waals surface area contributed by atoms with Crippen LogP contribution in [0.3, 0.4) is 0 Å². The Morgan fingerprint density at radius 3 is 2.59 bits per heavy atom. The van der Waals surface area contributed by atoms with Crippen LogP contribution in [0, 0.1) is 0 Å². The molecule has 4 heterocycles. The maximum Gasteiger partial charge on any atom is 0.0924 e. The van der Waals surface area contributed by atoms with Crippen LogP contribution in [0.1, 0.15) is 25.3 Å². The molecule has 1 aromatic carbocycles. The average Bonchev–Trinajstić information content (AvgIpc) is 3.04. The maximum atomic E-state index is 4.70. The zero-order valence-corrected chi connectivity index (χ0v) is 12.2. The molecule has 0 amide bonds. The molecule has 22 heavy (non-hydrogen) atoms. The minimum Gasteiger partial charge on any atom is -0.311 e. The van der Waals surface area contributed by atoms with Crippen LogP contribution in [0.4, 0.5) is 0 Å². The molecule has 1 N–H and O–H groups in total. The van der Waals surface area contributed by atoms with Gasteiger partial charge in [0.05, 0.1) is 35.2 Å². The van der Waals surface area contributed by atoms with Gasteiger partial charge < -0.3 is 5.32 Å². The molecule has 2 aliphatic heterocycles. The molecule has 0 spiro atoms. The lowest BCUT2D eigenvalue weighted by Crippen LogP contribution is -2.58. The van der Waals surface area contributed by atoms with E-state index in [2.05, 4.69) is 26.3 Å². The highest BCUT2D eigenvalue weighted by Crippen LogP contribution is 2.35. The molecule has 5 heteroatoms. The van der Waals surface area contributed by atoms with Crippen molar-refractivity contribution in [2.24, 2.45) is 0 Å². The van der Waals surface area contributed by atoms with Gasteiger partial charge in [-0.15, -0.1) is 0 Å². The van der Waals surface area contributed by atoms with Crippen LogP contribution < -0.4 is 5.32 Å². The van der Waals surface area contributed by atoms with E-state index in [1.54, 1.807) is 0 Å². The molecule has 3 aromatic rings. The van der Waals surface area contributed by atoms with Crippen LogP contribution in [0.2, 0.25) is 0 Å². The van der Waals surface area contributed by atoms with E-state index in [-0.39, 0.29) is 0 Å². The number of piperidine rings is 1. The number of hydrogen-bond donors (Lipinski definition) is 1. The Balaban J connectivity index is 1.47. The van der Waals surface area contributed by atoms with Gasteiger partial charge in [0.15, 0.2) is 0 Å². The zero-order valence-electron chi connectivity index (χ0n) is 12.2. The number of aromatic nitrogens is 4. The highest BCUT2D eigenvalue weighted by atomic mass is 15.3. The number of hydrogen-bond acceptors (Lipinski definition) is 4. The van der Waals surface area contributed by atoms with Gasteiger partial charge in [-0.3, -0.25) is 9.67 Å². The summed E-state index contributed by atoms with van der Waals surface area (Å²) in [5.41, 5.74) is 3.79. The number of fused-ring (bicyclic) bond motifs is 3. The van der Waals surface area contributed by atoms with Crippen LogP contribution in [-0.2, 0) is 0 Å². The van der Waals surface area contributed by atoms with Crippen molar-refractivity contribution in [2.45, 2.75) is 37.4 Å². The van der Waals surface area contributed by atoms with Gasteiger partial charge in [-0.25, -0.2) is 4.98 Å². The largest absolute Gasteiger partial charge is 0.311 e. The van der Waals surface area contributed by atoms with E-state index in [4.69, 9.17) is 4.98 Å². The minimum atomic E-state index is 0.521. The van der Waals surface area contributed by atoms with Crippen molar-refractivity contribution in [3.05, 3.63) is 42.9 Å². The van der Waals surface area contributed by atoms with Crippen molar-refractivity contribution >= 4 is 11.0 Å². The van der Waals surface area contributed by atoms with Gasteiger partial charge in [0.2, 0.25) is 0 Å². The third-order valence-corrected chi connectivity index (χ3v) is 4.87. The first-order chi connectivity index (χ1) is 10.8. The lowest BCUT2D eigenvalue weighted by molar-refractivity contribution is 0.126. The van der Waals surface area contributed by atoms with E-state index in [9.17, 15) is 0 Å². The monoisotopic (exact) mass is 291 g/mol. The van der Waals surface area contributed by atoms with Crippen LogP contribution in [-0.4, -0.2) is 31.8 Å². The summed E-state index contributed by atoms with van der Waals surface area (Å²) in [6.07, 6.45) is 9.56. The molecule has 2 saturated heterocycles. The Labute approximate surface area is 128 Å². The molecule has 1 saturated carbocycles. The smallest absolute Gasteiger partial charge is 0.0924 e. The fraction of sp³-hybridized carbons (Fsp3) is 0.353. The van der Waals surface area contributed by atoms with Gasteiger partial charge in [-0.05, 0) is 31.4 Å². The summed E-state index contributed by atoms with van der Waals surface area (Å²) < 4.78 is 2.12. The first-order valence-electron chi connectivity index (χ1n) is 7.87. The standard InChI is InChI=1S/C17H17N5/c1-2-4-16-15(3-1)18-9-17(21-16)11-8-19-22(10-11)14-6-12-5-13(7-14)20-12/h1-4,8-10,12-14,20H,5-7H2. The number of rotatable bonds is 2. The second-order valence-electron chi connectivity index (χ2n) is 6.37. The van der Waals surface area contributed by atoms with E-state index in [1.807, 2.05) is 36.7 Å². The van der Waals surface area contributed by atoms with Crippen LogP contribution >= 0.6 is 0 Å². The molecule has 2 unspecified atom stereocenters. The molecule has 2 atom stereocenters. The Morgan fingerprint density at radius 2 is 1.77 bits per heavy atom. The minimum absolute atomic E-state index is 0.521. The second-order valence-corrected chi connectivity index (χ2v) is 6.37. The van der Waals surface area contributed by atoms with Gasteiger partial charge in [0.1, 0.15) is 0 Å². The molecule has 0 radical (unpaired) electrons. The number of nitrogens with zero attached hydrogens (tertiary/aromatic N) is 4. The summed E-state index contributed by atoms with van der Waals surface area (Å²) in [4.78, 5) is 9.19. The van der Waals surface area contributed by atoms with Gasteiger partial charge in [0, 0.05) is 23.8 Å². The molecule has 2 aromatic heterocycles. The first-order valence-corrected chi connectivity index (χ1v) is 7.87. The first kappa shape index (κ1) is 12.3. The summed E-state index contributed by atoms with van der Waals surface area (Å²) >= 11 is 0. The third-order valence-electron chi connectivity index (χ3n) is 4.87. The molecular weight excluding hydrogens is 274 g/mol. The highest BCUT2D eigenvalue weighted by molar-refractivity contribution is 5.76. The maximum absolute atomic E-state index is 4.70. The van der Waals surface area contributed by atoms with Gasteiger partial charge >= 0.3 is 0 Å². The second kappa shape index (κ2) is 4.61. The van der Waals surface area contributed by atoms with Crippen LogP contribution in [0.5, 0.6) is 0 Å². The van der Waals surface area contributed by atoms with E-state index in [0.717, 1.165) is 22.3 Å². The summed E-state index contributed by atoms with van der Waals surface area (Å²) in [5.74, 6) is 0. The number of benzene rings is 1. The zero-order chi connectivity index (χ0) is 14.5. The van der Waals surface area contributed by atoms with Crippen LogP contribution in [0.15, 0.2) is 42.9 Å². The fourth-order valence-corrected chi connectivity index (χ4v) is 3.72. The topological polar surface area (TPSA) is 55.6 Å². The Morgan fingerprint density at radius 1 is 1.00 bits per heavy atom. The third kappa shape index (κ3) is 1.93. The predicted molar refractivity (Wildman–Crippen MR) is 84.4 cm³/mol. The molecule has 2 bridgehead atoms. The van der Waals surface area contributed by atoms with Crippen LogP contribution in [0.25, 0.3) is 22.3 Å². The summed E-state index contributed by atoms with van der Waals surface area (Å²) in [7, 11) is 0. The fourth-order valence-electron chi connectivity index (χ4n) is 3.72. The van der Waals surface area contributed by atoms with Crippen molar-refractivity contribution in [1.29, 1.82) is 0 Å². The van der Waals surface area contributed by atoms with Crippen molar-refractivity contribution < 1.29 is 0 Å². The quantitative estimate of drug-likeness (QED) is 0.788. The molecule has 3 fully saturated rings. The molecular formula is C17H17N5. The van der Waals surface area contributed by atoms with Crippen molar-refractivity contribution in [3.63, 3.8) is 0 Å². The Hall–Kier alpha value is -2.27. The predicted octanol–water partition coefficient (Wildman–Crippen LogP) is 2.56. The normalized spacial score (nSPS) is 26.8. The lowest BCUT2D eigenvalue weighted by Gasteiger charge is -2.46. The molecule has 5 nitrogen and oxygen atoms in total. The van der Waals surface area contributed by atoms with Gasteiger partial charge in [-0.2, -0.15) is 5.10 Å². The van der Waals surface area contributed by atoms with E-state index in [0.29, 0.717) is 18.1 Å². The highest BCUT2D eigenvalue weighted by Gasteiger charge is 2.38. The molecule has 1 aliphatic carbocycles. The average molecular weight is 291 g/mol.